The van der Waals surface area contributed by atoms with Gasteiger partial charge < -0.3 is 11.5 Å². The van der Waals surface area contributed by atoms with E-state index in [1.165, 1.54) is 16.7 Å². The minimum atomic E-state index is -4.38. The van der Waals surface area contributed by atoms with Gasteiger partial charge in [-0.25, -0.2) is 0 Å². The predicted octanol–water partition coefficient (Wildman–Crippen LogP) is 4.54. The first-order valence-corrected chi connectivity index (χ1v) is 9.14. The quantitative estimate of drug-likeness (QED) is 0.668. The Bertz CT molecular complexity index is 870. The molecule has 0 spiro atoms. The fourth-order valence-electron chi connectivity index (χ4n) is 2.47. The van der Waals surface area contributed by atoms with Crippen LogP contribution in [0.5, 0.6) is 0 Å². The van der Waals surface area contributed by atoms with Crippen LogP contribution in [0.15, 0.2) is 61.4 Å². The molecule has 0 saturated carbocycles. The summed E-state index contributed by atoms with van der Waals surface area (Å²) in [5.74, 6) is 0.492. The van der Waals surface area contributed by atoms with E-state index in [9.17, 15) is 13.2 Å². The molecule has 0 saturated heterocycles. The molecule has 0 aliphatic rings. The molecule has 29 heavy (non-hydrogen) atoms. The minimum Gasteiger partial charge on any atom is -0.405 e. The number of rotatable bonds is 3. The Kier molecular flexibility index (Phi) is 9.34. The molecule has 8 heteroatoms. The number of aromatic nitrogens is 3. The highest BCUT2D eigenvalue weighted by molar-refractivity contribution is 5.40. The average molecular weight is 407 g/mol. The maximum absolute atomic E-state index is 12.8. The minimum absolute atomic E-state index is 0.0408. The molecule has 5 nitrogen and oxygen atoms in total. The van der Waals surface area contributed by atoms with Crippen LogP contribution in [0.1, 0.15) is 43.6 Å². The standard InChI is InChI=1S/C16H14F3N3.C3H9N.C2H5N/c1-11(9-12-5-3-2-4-6-12)15-21-20-14-8-7-13(10-22(14)15)16(17,18)19;1-3(2)4;1-2-3/h2-8,10-11H,9H2,1H3;3H,4H2,1-2H3;2H,1,3H2/t11-;;/m1../s1. The van der Waals surface area contributed by atoms with Crippen molar-refractivity contribution in [2.24, 2.45) is 11.5 Å². The lowest BCUT2D eigenvalue weighted by Gasteiger charge is -2.11. The lowest BCUT2D eigenvalue weighted by molar-refractivity contribution is -0.137. The Hall–Kier alpha value is -2.87. The Morgan fingerprint density at radius 2 is 1.62 bits per heavy atom. The zero-order valence-corrected chi connectivity index (χ0v) is 16.9. The van der Waals surface area contributed by atoms with Gasteiger partial charge in [-0.2, -0.15) is 13.2 Å². The first-order valence-electron chi connectivity index (χ1n) is 9.14. The zero-order chi connectivity index (χ0) is 22.0. The van der Waals surface area contributed by atoms with Gasteiger partial charge in [-0.3, -0.25) is 4.40 Å². The Morgan fingerprint density at radius 3 is 2.14 bits per heavy atom. The predicted molar refractivity (Wildman–Crippen MR) is 110 cm³/mol. The molecule has 0 aliphatic carbocycles. The molecule has 158 valence electrons. The van der Waals surface area contributed by atoms with Gasteiger partial charge in [0.1, 0.15) is 5.82 Å². The summed E-state index contributed by atoms with van der Waals surface area (Å²) in [6.07, 6.45) is -1.37. The van der Waals surface area contributed by atoms with Crippen LogP contribution < -0.4 is 11.5 Å². The van der Waals surface area contributed by atoms with Crippen molar-refractivity contribution in [2.45, 2.75) is 45.3 Å². The Balaban J connectivity index is 0.000000526. The summed E-state index contributed by atoms with van der Waals surface area (Å²) in [6.45, 7) is 8.96. The van der Waals surface area contributed by atoms with Crippen molar-refractivity contribution in [3.8, 4) is 0 Å². The fourth-order valence-corrected chi connectivity index (χ4v) is 2.47. The number of hydrogen-bond acceptors (Lipinski definition) is 4. The van der Waals surface area contributed by atoms with Crippen molar-refractivity contribution in [3.05, 3.63) is 78.4 Å². The second-order valence-electron chi connectivity index (χ2n) is 6.77. The van der Waals surface area contributed by atoms with Gasteiger partial charge in [0, 0.05) is 12.1 Å². The normalized spacial score (nSPS) is 11.9. The largest absolute Gasteiger partial charge is 0.417 e. The van der Waals surface area contributed by atoms with Crippen LogP contribution in [0.25, 0.3) is 5.65 Å². The van der Waals surface area contributed by atoms with E-state index in [1.54, 1.807) is 0 Å². The van der Waals surface area contributed by atoms with E-state index < -0.39 is 11.7 Å². The molecule has 2 aromatic heterocycles. The van der Waals surface area contributed by atoms with Gasteiger partial charge in [0.2, 0.25) is 0 Å². The van der Waals surface area contributed by atoms with E-state index in [1.807, 2.05) is 51.1 Å². The second-order valence-corrected chi connectivity index (χ2v) is 6.77. The molecule has 4 N–H and O–H groups in total. The summed E-state index contributed by atoms with van der Waals surface area (Å²) in [6, 6.07) is 12.5. The molecule has 1 aromatic carbocycles. The van der Waals surface area contributed by atoms with E-state index in [0.29, 0.717) is 23.9 Å². The smallest absolute Gasteiger partial charge is 0.405 e. The van der Waals surface area contributed by atoms with Crippen LogP contribution in [-0.2, 0) is 12.6 Å². The maximum atomic E-state index is 12.8. The van der Waals surface area contributed by atoms with Gasteiger partial charge in [-0.15, -0.1) is 10.2 Å². The van der Waals surface area contributed by atoms with Gasteiger partial charge in [0.05, 0.1) is 5.56 Å². The monoisotopic (exact) mass is 407 g/mol. The fraction of sp³-hybridized carbons (Fsp3) is 0.333. The molecule has 1 atom stereocenters. The molecule has 3 rings (SSSR count). The van der Waals surface area contributed by atoms with Gasteiger partial charge >= 0.3 is 6.18 Å². The van der Waals surface area contributed by atoms with Gasteiger partial charge in [-0.05, 0) is 36.4 Å². The van der Waals surface area contributed by atoms with Crippen LogP contribution in [0.2, 0.25) is 0 Å². The number of halogens is 3. The summed E-state index contributed by atoms with van der Waals surface area (Å²) in [7, 11) is 0. The molecular formula is C21H28F3N5. The van der Waals surface area contributed by atoms with E-state index in [-0.39, 0.29) is 5.92 Å². The van der Waals surface area contributed by atoms with Crippen molar-refractivity contribution in [3.63, 3.8) is 0 Å². The van der Waals surface area contributed by atoms with Crippen LogP contribution in [0, 0.1) is 0 Å². The van der Waals surface area contributed by atoms with Crippen molar-refractivity contribution in [1.29, 1.82) is 0 Å². The SMILES string of the molecule is C=CN.CC(C)N.C[C@H](Cc1ccccc1)c1nnc2ccc(C(F)(F)F)cn12. The highest BCUT2D eigenvalue weighted by atomic mass is 19.4. The number of nitrogens with zero attached hydrogens (tertiary/aromatic N) is 3. The zero-order valence-electron chi connectivity index (χ0n) is 16.9. The number of benzene rings is 1. The third-order valence-electron chi connectivity index (χ3n) is 3.58. The molecule has 0 amide bonds. The number of alkyl halides is 3. The van der Waals surface area contributed by atoms with Crippen molar-refractivity contribution in [2.75, 3.05) is 0 Å². The highest BCUT2D eigenvalue weighted by Gasteiger charge is 2.31. The lowest BCUT2D eigenvalue weighted by atomic mass is 10.0. The third kappa shape index (κ3) is 7.95. The molecule has 0 aliphatic heterocycles. The number of hydrogen-bond donors (Lipinski definition) is 2. The molecule has 0 unspecified atom stereocenters. The van der Waals surface area contributed by atoms with E-state index >= 15 is 0 Å². The molecular weight excluding hydrogens is 379 g/mol. The van der Waals surface area contributed by atoms with Gasteiger partial charge in [-0.1, -0.05) is 57.7 Å². The van der Waals surface area contributed by atoms with Crippen molar-refractivity contribution in [1.82, 2.24) is 14.6 Å². The topological polar surface area (TPSA) is 82.2 Å². The molecule has 3 aromatic rings. The van der Waals surface area contributed by atoms with Gasteiger partial charge in [0.25, 0.3) is 0 Å². The third-order valence-corrected chi connectivity index (χ3v) is 3.58. The summed E-state index contributed by atoms with van der Waals surface area (Å²) in [5.41, 5.74) is 10.6. The Morgan fingerprint density at radius 1 is 1.07 bits per heavy atom. The second kappa shape index (κ2) is 11.2. The summed E-state index contributed by atoms with van der Waals surface area (Å²) in [5, 5.41) is 8.01. The summed E-state index contributed by atoms with van der Waals surface area (Å²) in [4.78, 5) is 0. The van der Waals surface area contributed by atoms with E-state index in [0.717, 1.165) is 17.8 Å². The molecule has 0 bridgehead atoms. The average Bonchev–Trinajstić information content (AvgIpc) is 3.05. The maximum Gasteiger partial charge on any atom is 0.417 e. The molecule has 0 fully saturated rings. The first-order chi connectivity index (χ1) is 13.6. The van der Waals surface area contributed by atoms with Crippen LogP contribution in [0.3, 0.4) is 0 Å². The van der Waals surface area contributed by atoms with Crippen molar-refractivity contribution >= 4 is 5.65 Å². The molecule has 2 heterocycles. The van der Waals surface area contributed by atoms with Crippen molar-refractivity contribution < 1.29 is 13.2 Å². The number of pyridine rings is 1. The lowest BCUT2D eigenvalue weighted by Crippen LogP contribution is -2.09. The number of fused-ring (bicyclic) bond motifs is 1. The van der Waals surface area contributed by atoms with E-state index in [2.05, 4.69) is 22.5 Å². The first kappa shape index (κ1) is 24.2. The van der Waals surface area contributed by atoms with Crippen LogP contribution in [-0.4, -0.2) is 20.6 Å². The highest BCUT2D eigenvalue weighted by Crippen LogP contribution is 2.30. The molecule has 0 radical (unpaired) electrons. The summed E-state index contributed by atoms with van der Waals surface area (Å²) < 4.78 is 40.0. The van der Waals surface area contributed by atoms with E-state index in [4.69, 9.17) is 5.73 Å². The van der Waals surface area contributed by atoms with Gasteiger partial charge in [0.15, 0.2) is 5.65 Å². The Labute approximate surface area is 169 Å². The van der Waals surface area contributed by atoms with Crippen LogP contribution >= 0.6 is 0 Å². The van der Waals surface area contributed by atoms with Crippen LogP contribution in [0.4, 0.5) is 13.2 Å². The summed E-state index contributed by atoms with van der Waals surface area (Å²) >= 11 is 0. The number of nitrogens with two attached hydrogens (primary N) is 2.